The summed E-state index contributed by atoms with van der Waals surface area (Å²) in [5.41, 5.74) is 2.29. The molecule has 0 spiro atoms. The molecular weight excluding hydrogens is 460 g/mol. The van der Waals surface area contributed by atoms with Crippen LogP contribution < -0.4 is 10.2 Å². The summed E-state index contributed by atoms with van der Waals surface area (Å²) in [6.07, 6.45) is 9.39. The van der Waals surface area contributed by atoms with Crippen LogP contribution in [0.5, 0.6) is 0 Å². The fourth-order valence-corrected chi connectivity index (χ4v) is 5.30. The predicted octanol–water partition coefficient (Wildman–Crippen LogP) is 5.30. The van der Waals surface area contributed by atoms with Gasteiger partial charge in [-0.1, -0.05) is 11.6 Å². The molecule has 33 heavy (non-hydrogen) atoms. The van der Waals surface area contributed by atoms with Crippen molar-refractivity contribution in [3.63, 3.8) is 0 Å². The first-order valence-electron chi connectivity index (χ1n) is 11.4. The van der Waals surface area contributed by atoms with E-state index in [0.29, 0.717) is 23.7 Å². The zero-order valence-corrected chi connectivity index (χ0v) is 20.9. The Labute approximate surface area is 203 Å². The van der Waals surface area contributed by atoms with Crippen LogP contribution in [-0.2, 0) is 4.74 Å². The van der Waals surface area contributed by atoms with Gasteiger partial charge in [-0.2, -0.15) is 0 Å². The summed E-state index contributed by atoms with van der Waals surface area (Å²) in [6.45, 7) is 8.00. The van der Waals surface area contributed by atoms with Crippen LogP contribution in [-0.4, -0.2) is 50.8 Å². The Hall–Kier alpha value is -2.39. The molecule has 1 fully saturated rings. The number of nitrogens with zero attached hydrogens (tertiary/aromatic N) is 5. The largest absolute Gasteiger partial charge is 0.444 e. The summed E-state index contributed by atoms with van der Waals surface area (Å²) in [7, 11) is 0. The van der Waals surface area contributed by atoms with Gasteiger partial charge in [0.15, 0.2) is 0 Å². The molecule has 8 nitrogen and oxygen atoms in total. The van der Waals surface area contributed by atoms with E-state index in [9.17, 15) is 4.79 Å². The van der Waals surface area contributed by atoms with Crippen LogP contribution >= 0.6 is 22.9 Å². The maximum Gasteiger partial charge on any atom is 0.407 e. The van der Waals surface area contributed by atoms with E-state index >= 15 is 0 Å². The van der Waals surface area contributed by atoms with E-state index in [1.807, 2.05) is 38.5 Å². The van der Waals surface area contributed by atoms with Gasteiger partial charge in [0.05, 0.1) is 17.1 Å². The van der Waals surface area contributed by atoms with Crippen LogP contribution in [0.25, 0.3) is 11.0 Å². The molecule has 2 atom stereocenters. The van der Waals surface area contributed by atoms with Crippen molar-refractivity contribution in [3.8, 4) is 0 Å². The second kappa shape index (κ2) is 10.3. The Morgan fingerprint density at radius 3 is 2.97 bits per heavy atom. The van der Waals surface area contributed by atoms with Crippen molar-refractivity contribution in [2.75, 3.05) is 24.5 Å². The fraction of sp³-hybridized carbons (Fsp3) is 0.565. The molecule has 1 aliphatic carbocycles. The van der Waals surface area contributed by atoms with Crippen LogP contribution in [0.1, 0.15) is 52.5 Å². The number of aromatic nitrogens is 4. The zero-order valence-electron chi connectivity index (χ0n) is 19.3. The number of amides is 1. The number of carbonyl (C=O) groups is 1. The number of rotatable bonds is 8. The Morgan fingerprint density at radius 1 is 1.36 bits per heavy atom. The molecule has 1 N–H and O–H groups in total. The summed E-state index contributed by atoms with van der Waals surface area (Å²) in [4.78, 5) is 27.1. The molecule has 0 bridgehead atoms. The van der Waals surface area contributed by atoms with Gasteiger partial charge in [-0.15, -0.1) is 11.3 Å². The van der Waals surface area contributed by atoms with Gasteiger partial charge in [0.1, 0.15) is 27.7 Å². The zero-order chi connectivity index (χ0) is 23.4. The molecule has 4 rings (SSSR count). The monoisotopic (exact) mass is 490 g/mol. The first kappa shape index (κ1) is 23.8. The number of ether oxygens (including phenoxy) is 1. The van der Waals surface area contributed by atoms with Gasteiger partial charge in [-0.3, -0.25) is 4.98 Å². The summed E-state index contributed by atoms with van der Waals surface area (Å²) in [5.74, 6) is 0.575. The lowest BCUT2D eigenvalue weighted by Crippen LogP contribution is -2.35. The van der Waals surface area contributed by atoms with Crippen molar-refractivity contribution in [1.29, 1.82) is 0 Å². The molecule has 0 aliphatic heterocycles. The van der Waals surface area contributed by atoms with E-state index in [1.165, 1.54) is 11.3 Å². The maximum atomic E-state index is 11.9. The molecule has 10 heteroatoms. The van der Waals surface area contributed by atoms with Gasteiger partial charge in [0, 0.05) is 31.9 Å². The topological polar surface area (TPSA) is 85.2 Å². The van der Waals surface area contributed by atoms with E-state index < -0.39 is 5.60 Å². The Kier molecular flexibility index (Phi) is 7.38. The smallest absolute Gasteiger partial charge is 0.407 e. The van der Waals surface area contributed by atoms with Crippen molar-refractivity contribution in [1.82, 2.24) is 24.8 Å². The SMILES string of the molecule is CC(C)(C)OC(=O)NCCCN(C[C@@H]1CC[C@H](n2ccc3c(Cl)ncnc32)C1)c1cncs1. The Morgan fingerprint density at radius 2 is 2.21 bits per heavy atom. The first-order valence-corrected chi connectivity index (χ1v) is 12.6. The molecule has 3 heterocycles. The highest BCUT2D eigenvalue weighted by molar-refractivity contribution is 7.13. The summed E-state index contributed by atoms with van der Waals surface area (Å²) < 4.78 is 7.57. The molecule has 1 aliphatic rings. The molecule has 3 aromatic rings. The second-order valence-corrected chi connectivity index (χ2v) is 10.7. The van der Waals surface area contributed by atoms with E-state index in [0.717, 1.165) is 49.8 Å². The van der Waals surface area contributed by atoms with Gasteiger partial charge in [0.25, 0.3) is 0 Å². The Balaban J connectivity index is 1.33. The highest BCUT2D eigenvalue weighted by atomic mass is 35.5. The minimum Gasteiger partial charge on any atom is -0.444 e. The van der Waals surface area contributed by atoms with Gasteiger partial charge < -0.3 is 19.5 Å². The number of anilines is 1. The van der Waals surface area contributed by atoms with Crippen molar-refractivity contribution in [2.24, 2.45) is 5.92 Å². The summed E-state index contributed by atoms with van der Waals surface area (Å²) in [6, 6.07) is 2.42. The molecule has 1 saturated carbocycles. The molecule has 178 valence electrons. The van der Waals surface area contributed by atoms with Crippen LogP contribution in [0.3, 0.4) is 0 Å². The van der Waals surface area contributed by atoms with Crippen molar-refractivity contribution in [3.05, 3.63) is 35.5 Å². The van der Waals surface area contributed by atoms with Crippen molar-refractivity contribution >= 4 is 45.1 Å². The van der Waals surface area contributed by atoms with Gasteiger partial charge >= 0.3 is 6.09 Å². The fourth-order valence-electron chi connectivity index (χ4n) is 4.44. The van der Waals surface area contributed by atoms with E-state index in [-0.39, 0.29) is 6.09 Å². The average molecular weight is 491 g/mol. The second-order valence-electron chi connectivity index (χ2n) is 9.53. The quantitative estimate of drug-likeness (QED) is 0.340. The number of fused-ring (bicyclic) bond motifs is 1. The lowest BCUT2D eigenvalue weighted by atomic mass is 10.1. The molecule has 0 unspecified atom stereocenters. The van der Waals surface area contributed by atoms with Gasteiger partial charge in [-0.05, 0) is 58.4 Å². The van der Waals surface area contributed by atoms with Crippen LogP contribution in [0, 0.1) is 5.92 Å². The number of hydrogen-bond acceptors (Lipinski definition) is 7. The predicted molar refractivity (Wildman–Crippen MR) is 132 cm³/mol. The van der Waals surface area contributed by atoms with Crippen molar-refractivity contribution in [2.45, 2.75) is 58.1 Å². The standard InChI is InChI=1S/C23H31ClN6O2S/c1-23(2,3)32-22(31)26-8-4-9-29(19-12-25-15-33-19)13-16-5-6-17(11-16)30-10-7-18-20(24)27-14-28-21(18)30/h7,10,12,14-17H,4-6,8-9,11,13H2,1-3H3,(H,26,31)/t16-,17+/m1/s1. The number of alkyl carbamates (subject to hydrolysis) is 1. The lowest BCUT2D eigenvalue weighted by Gasteiger charge is -2.26. The molecule has 1 amide bonds. The van der Waals surface area contributed by atoms with E-state index in [1.54, 1.807) is 11.3 Å². The number of nitrogens with one attached hydrogen (secondary N) is 1. The van der Waals surface area contributed by atoms with Crippen LogP contribution in [0.4, 0.5) is 9.80 Å². The third-order valence-corrected chi connectivity index (χ3v) is 6.98. The first-order chi connectivity index (χ1) is 15.8. The number of hydrogen-bond donors (Lipinski definition) is 1. The Bertz CT molecular complexity index is 1060. The minimum atomic E-state index is -0.486. The molecule has 0 aromatic carbocycles. The summed E-state index contributed by atoms with van der Waals surface area (Å²) >= 11 is 7.89. The molecular formula is C23H31ClN6O2S. The number of thiazole rings is 1. The van der Waals surface area contributed by atoms with E-state index in [4.69, 9.17) is 16.3 Å². The lowest BCUT2D eigenvalue weighted by molar-refractivity contribution is 0.0527. The van der Waals surface area contributed by atoms with Crippen LogP contribution in [0.2, 0.25) is 5.15 Å². The maximum absolute atomic E-state index is 11.9. The molecule has 3 aromatic heterocycles. The molecule has 0 radical (unpaired) electrons. The highest BCUT2D eigenvalue weighted by Crippen LogP contribution is 2.38. The van der Waals surface area contributed by atoms with Gasteiger partial charge in [0.2, 0.25) is 0 Å². The summed E-state index contributed by atoms with van der Waals surface area (Å²) in [5, 5.41) is 5.44. The third-order valence-electron chi connectivity index (χ3n) is 5.85. The van der Waals surface area contributed by atoms with Crippen LogP contribution in [0.15, 0.2) is 30.3 Å². The third kappa shape index (κ3) is 6.14. The average Bonchev–Trinajstić information content (AvgIpc) is 3.49. The van der Waals surface area contributed by atoms with Gasteiger partial charge in [-0.25, -0.2) is 14.8 Å². The molecule has 0 saturated heterocycles. The number of halogens is 1. The highest BCUT2D eigenvalue weighted by Gasteiger charge is 2.29. The minimum absolute atomic E-state index is 0.367. The van der Waals surface area contributed by atoms with E-state index in [2.05, 4.69) is 35.9 Å². The van der Waals surface area contributed by atoms with Crippen molar-refractivity contribution < 1.29 is 9.53 Å². The number of carbonyl (C=O) groups excluding carboxylic acids is 1. The normalized spacial score (nSPS) is 18.5.